The number of hydrogen-bond acceptors (Lipinski definition) is 1. The first kappa shape index (κ1) is 11.6. The van der Waals surface area contributed by atoms with Crippen molar-refractivity contribution in [3.05, 3.63) is 29.8 Å². The van der Waals surface area contributed by atoms with Crippen molar-refractivity contribution in [3.8, 4) is 0 Å². The van der Waals surface area contributed by atoms with Gasteiger partial charge in [-0.25, -0.2) is 0 Å². The fourth-order valence-corrected chi connectivity index (χ4v) is 2.61. The maximum absolute atomic E-state index is 11.7. The predicted molar refractivity (Wildman–Crippen MR) is 70.1 cm³/mol. The van der Waals surface area contributed by atoms with E-state index in [2.05, 4.69) is 35.0 Å². The van der Waals surface area contributed by atoms with Crippen LogP contribution >= 0.6 is 15.9 Å². The lowest BCUT2D eigenvalue weighted by molar-refractivity contribution is -0.117. The van der Waals surface area contributed by atoms with Crippen LogP contribution in [0.15, 0.2) is 24.3 Å². The Bertz CT molecular complexity index is 374. The summed E-state index contributed by atoms with van der Waals surface area (Å²) in [5, 5.41) is 0. The largest absolute Gasteiger partial charge is 0.311 e. The minimum absolute atomic E-state index is 0.213. The zero-order chi connectivity index (χ0) is 11.5. The summed E-state index contributed by atoms with van der Waals surface area (Å²) in [4.78, 5) is 13.8. The predicted octanol–water partition coefficient (Wildman–Crippen LogP) is 3.14. The van der Waals surface area contributed by atoms with Gasteiger partial charge in [0.05, 0.1) is 0 Å². The zero-order valence-corrected chi connectivity index (χ0v) is 11.0. The molecule has 0 aromatic heterocycles. The fourth-order valence-electron chi connectivity index (χ4n) is 2.04. The molecule has 0 spiro atoms. The van der Waals surface area contributed by atoms with Gasteiger partial charge in [0.2, 0.25) is 5.91 Å². The van der Waals surface area contributed by atoms with Gasteiger partial charge in [-0.1, -0.05) is 41.4 Å². The average molecular weight is 282 g/mol. The van der Waals surface area contributed by atoms with Crippen molar-refractivity contribution in [2.75, 3.05) is 11.4 Å². The van der Waals surface area contributed by atoms with Crippen LogP contribution < -0.4 is 4.90 Å². The Morgan fingerprint density at radius 3 is 2.56 bits per heavy atom. The number of carbonyl (C=O) groups is 1. The van der Waals surface area contributed by atoms with E-state index < -0.39 is 0 Å². The van der Waals surface area contributed by atoms with Crippen LogP contribution in [0.1, 0.15) is 25.3 Å². The first-order chi connectivity index (χ1) is 7.70. The second-order valence-corrected chi connectivity index (χ2v) is 5.52. The average Bonchev–Trinajstić information content (AvgIpc) is 2.59. The van der Waals surface area contributed by atoms with Crippen molar-refractivity contribution in [2.45, 2.75) is 31.0 Å². The van der Waals surface area contributed by atoms with Crippen molar-refractivity contribution in [3.63, 3.8) is 0 Å². The highest BCUT2D eigenvalue weighted by molar-refractivity contribution is 9.09. The van der Waals surface area contributed by atoms with Crippen LogP contribution in [-0.4, -0.2) is 17.3 Å². The van der Waals surface area contributed by atoms with E-state index >= 15 is 0 Å². The maximum atomic E-state index is 11.7. The Kier molecular flexibility index (Phi) is 3.64. The molecule has 1 unspecified atom stereocenters. The summed E-state index contributed by atoms with van der Waals surface area (Å²) in [5.41, 5.74) is 2.36. The summed E-state index contributed by atoms with van der Waals surface area (Å²) in [7, 11) is 0. The third kappa shape index (κ3) is 2.46. The van der Waals surface area contributed by atoms with Gasteiger partial charge in [-0.05, 0) is 24.1 Å². The second-order valence-electron chi connectivity index (χ2n) is 4.22. The van der Waals surface area contributed by atoms with E-state index in [1.54, 1.807) is 0 Å². The monoisotopic (exact) mass is 281 g/mol. The van der Waals surface area contributed by atoms with Crippen molar-refractivity contribution in [1.29, 1.82) is 0 Å². The molecule has 3 heteroatoms. The second kappa shape index (κ2) is 5.00. The third-order valence-electron chi connectivity index (χ3n) is 2.86. The van der Waals surface area contributed by atoms with Crippen LogP contribution in [0.5, 0.6) is 0 Å². The van der Waals surface area contributed by atoms with Crippen LogP contribution in [0, 0.1) is 0 Å². The molecule has 1 aromatic rings. The lowest BCUT2D eigenvalue weighted by Crippen LogP contribution is -2.24. The molecule has 1 aromatic carbocycles. The van der Waals surface area contributed by atoms with Gasteiger partial charge in [0, 0.05) is 23.5 Å². The Balaban J connectivity index is 2.12. The summed E-state index contributed by atoms with van der Waals surface area (Å²) in [6.45, 7) is 2.96. The highest BCUT2D eigenvalue weighted by Gasteiger charge is 2.28. The molecule has 86 valence electrons. The molecule has 0 radical (unpaired) electrons. The summed E-state index contributed by atoms with van der Waals surface area (Å²) in [6.07, 6.45) is 2.87. The number of amides is 1. The lowest BCUT2D eigenvalue weighted by atomic mass is 10.1. The molecule has 0 N–H and O–H groups in total. The number of halogens is 1. The fraction of sp³-hybridized carbons (Fsp3) is 0.462. The molecule has 1 atom stereocenters. The lowest BCUT2D eigenvalue weighted by Gasteiger charge is -2.16. The van der Waals surface area contributed by atoms with Crippen LogP contribution in [0.4, 0.5) is 5.69 Å². The van der Waals surface area contributed by atoms with Crippen molar-refractivity contribution < 1.29 is 4.79 Å². The van der Waals surface area contributed by atoms with Gasteiger partial charge in [-0.15, -0.1) is 0 Å². The number of aryl methyl sites for hydroxylation is 1. The van der Waals surface area contributed by atoms with Gasteiger partial charge in [0.1, 0.15) is 0 Å². The Labute approximate surface area is 105 Å². The number of nitrogens with zero attached hydrogens (tertiary/aromatic N) is 1. The Morgan fingerprint density at radius 1 is 1.38 bits per heavy atom. The molecule has 16 heavy (non-hydrogen) atoms. The van der Waals surface area contributed by atoms with Gasteiger partial charge in [0.25, 0.3) is 0 Å². The number of rotatable bonds is 3. The molecule has 2 nitrogen and oxygen atoms in total. The quantitative estimate of drug-likeness (QED) is 0.780. The normalized spacial score (nSPS) is 20.5. The van der Waals surface area contributed by atoms with Crippen LogP contribution in [0.25, 0.3) is 0 Å². The standard InChI is InChI=1S/C13H16BrNO/c1-2-3-10-4-6-12(7-5-10)15-9-11(14)8-13(15)16/h4-7,11H,2-3,8-9H2,1H3. The van der Waals surface area contributed by atoms with Crippen LogP contribution in [0.3, 0.4) is 0 Å². The molecular weight excluding hydrogens is 266 g/mol. The SMILES string of the molecule is CCCc1ccc(N2CC(Br)CC2=O)cc1. The molecule has 1 heterocycles. The van der Waals surface area contributed by atoms with Crippen LogP contribution in [-0.2, 0) is 11.2 Å². The highest BCUT2D eigenvalue weighted by Crippen LogP contribution is 2.25. The molecule has 2 rings (SSSR count). The highest BCUT2D eigenvalue weighted by atomic mass is 79.9. The molecule has 1 aliphatic rings. The van der Waals surface area contributed by atoms with Crippen LogP contribution in [0.2, 0.25) is 0 Å². The number of carbonyl (C=O) groups excluding carboxylic acids is 1. The minimum atomic E-state index is 0.213. The van der Waals surface area contributed by atoms with E-state index in [0.29, 0.717) is 11.2 Å². The smallest absolute Gasteiger partial charge is 0.228 e. The van der Waals surface area contributed by atoms with Crippen molar-refractivity contribution in [2.24, 2.45) is 0 Å². The molecule has 0 bridgehead atoms. The van der Waals surface area contributed by atoms with Gasteiger partial charge < -0.3 is 4.90 Å². The molecule has 1 amide bonds. The maximum Gasteiger partial charge on any atom is 0.228 e. The molecular formula is C13H16BrNO. The first-order valence-corrected chi connectivity index (χ1v) is 6.65. The number of benzene rings is 1. The van der Waals surface area contributed by atoms with E-state index in [-0.39, 0.29) is 5.91 Å². The van der Waals surface area contributed by atoms with Gasteiger partial charge >= 0.3 is 0 Å². The Hall–Kier alpha value is -0.830. The zero-order valence-electron chi connectivity index (χ0n) is 9.45. The van der Waals surface area contributed by atoms with E-state index in [1.165, 1.54) is 5.56 Å². The molecule has 1 fully saturated rings. The minimum Gasteiger partial charge on any atom is -0.311 e. The summed E-state index contributed by atoms with van der Waals surface area (Å²) < 4.78 is 0. The van der Waals surface area contributed by atoms with Gasteiger partial charge in [-0.3, -0.25) is 4.79 Å². The summed E-state index contributed by atoms with van der Waals surface area (Å²) in [5.74, 6) is 0.213. The Morgan fingerprint density at radius 2 is 2.06 bits per heavy atom. The number of anilines is 1. The van der Waals surface area contributed by atoms with E-state index in [4.69, 9.17) is 0 Å². The summed E-state index contributed by atoms with van der Waals surface area (Å²) >= 11 is 3.49. The molecule has 1 aliphatic heterocycles. The van der Waals surface area contributed by atoms with Crippen molar-refractivity contribution >= 4 is 27.5 Å². The van der Waals surface area contributed by atoms with E-state index in [9.17, 15) is 4.79 Å². The molecule has 0 aliphatic carbocycles. The first-order valence-electron chi connectivity index (χ1n) is 5.74. The van der Waals surface area contributed by atoms with Crippen molar-refractivity contribution in [1.82, 2.24) is 0 Å². The van der Waals surface area contributed by atoms with E-state index in [0.717, 1.165) is 25.1 Å². The summed E-state index contributed by atoms with van der Waals surface area (Å²) in [6, 6.07) is 8.34. The number of alkyl halides is 1. The van der Waals surface area contributed by atoms with Gasteiger partial charge in [-0.2, -0.15) is 0 Å². The van der Waals surface area contributed by atoms with E-state index in [1.807, 2.05) is 17.0 Å². The number of hydrogen-bond donors (Lipinski definition) is 0. The third-order valence-corrected chi connectivity index (χ3v) is 3.48. The molecule has 1 saturated heterocycles. The topological polar surface area (TPSA) is 20.3 Å². The molecule has 0 saturated carbocycles. The van der Waals surface area contributed by atoms with Gasteiger partial charge in [0.15, 0.2) is 0 Å².